The molecule has 0 spiro atoms. The monoisotopic (exact) mass is 342 g/mol. The Bertz CT molecular complexity index is 1050. The number of hydrogen-bond donors (Lipinski definition) is 0. The number of nitrogens with zero attached hydrogens (tertiary/aromatic N) is 4. The Hall–Kier alpha value is -3.16. The van der Waals surface area contributed by atoms with Crippen LogP contribution in [0.4, 0.5) is 0 Å². The van der Waals surface area contributed by atoms with Gasteiger partial charge in [-0.1, -0.05) is 30.3 Å². The average Bonchev–Trinajstić information content (AvgIpc) is 3.04. The standard InChI is InChI=1S/C17H18N4O4/c1-4-25-16(23)12(11-8-6-5-7-9-11)21-10-18-14-13(21)15(22)20(3)17(24)19(14)2/h5-10,12H,4H2,1-3H3. The van der Waals surface area contributed by atoms with Crippen molar-refractivity contribution in [2.24, 2.45) is 14.1 Å². The first kappa shape index (κ1) is 16.7. The quantitative estimate of drug-likeness (QED) is 0.648. The van der Waals surface area contributed by atoms with Gasteiger partial charge in [-0.25, -0.2) is 14.6 Å². The van der Waals surface area contributed by atoms with Gasteiger partial charge < -0.3 is 9.30 Å². The van der Waals surface area contributed by atoms with Gasteiger partial charge in [0.15, 0.2) is 17.2 Å². The molecule has 0 radical (unpaired) electrons. The van der Waals surface area contributed by atoms with E-state index in [0.29, 0.717) is 5.56 Å². The summed E-state index contributed by atoms with van der Waals surface area (Å²) in [6.45, 7) is 1.93. The molecule has 2 heterocycles. The first-order valence-electron chi connectivity index (χ1n) is 7.81. The highest BCUT2D eigenvalue weighted by atomic mass is 16.5. The number of aryl methyl sites for hydroxylation is 1. The van der Waals surface area contributed by atoms with E-state index >= 15 is 0 Å². The van der Waals surface area contributed by atoms with Crippen LogP contribution in [0.3, 0.4) is 0 Å². The highest BCUT2D eigenvalue weighted by Crippen LogP contribution is 2.23. The maximum absolute atomic E-state index is 12.6. The van der Waals surface area contributed by atoms with Gasteiger partial charge in [0, 0.05) is 14.1 Å². The number of esters is 1. The van der Waals surface area contributed by atoms with Crippen LogP contribution in [0.2, 0.25) is 0 Å². The van der Waals surface area contributed by atoms with E-state index in [2.05, 4.69) is 4.98 Å². The van der Waals surface area contributed by atoms with Crippen molar-refractivity contribution in [3.63, 3.8) is 0 Å². The molecule has 0 bridgehead atoms. The molecule has 0 N–H and O–H groups in total. The van der Waals surface area contributed by atoms with Crippen LogP contribution >= 0.6 is 0 Å². The predicted octanol–water partition coefficient (Wildman–Crippen LogP) is 0.586. The van der Waals surface area contributed by atoms with Crippen LogP contribution in [0.15, 0.2) is 46.2 Å². The molecule has 130 valence electrons. The summed E-state index contributed by atoms with van der Waals surface area (Å²) in [5, 5.41) is 0. The SMILES string of the molecule is CCOC(=O)C(c1ccccc1)n1cnc2c1c(=O)n(C)c(=O)n2C. The second-order valence-corrected chi connectivity index (χ2v) is 5.60. The van der Waals surface area contributed by atoms with Crippen molar-refractivity contribution in [1.29, 1.82) is 0 Å². The van der Waals surface area contributed by atoms with Crippen LogP contribution in [0, 0.1) is 0 Å². The molecular weight excluding hydrogens is 324 g/mol. The van der Waals surface area contributed by atoms with E-state index in [1.54, 1.807) is 31.2 Å². The summed E-state index contributed by atoms with van der Waals surface area (Å²) in [5.41, 5.74) is 0.0666. The van der Waals surface area contributed by atoms with Crippen LogP contribution in [0.25, 0.3) is 11.2 Å². The number of rotatable bonds is 4. The Morgan fingerprint density at radius 1 is 1.16 bits per heavy atom. The minimum absolute atomic E-state index is 0.173. The zero-order chi connectivity index (χ0) is 18.1. The van der Waals surface area contributed by atoms with E-state index in [4.69, 9.17) is 4.74 Å². The Kier molecular flexibility index (Phi) is 4.26. The molecule has 0 aliphatic rings. The molecule has 0 saturated carbocycles. The zero-order valence-corrected chi connectivity index (χ0v) is 14.2. The first-order chi connectivity index (χ1) is 12.0. The molecular formula is C17H18N4O4. The van der Waals surface area contributed by atoms with E-state index in [0.717, 1.165) is 4.57 Å². The van der Waals surface area contributed by atoms with Gasteiger partial charge in [-0.05, 0) is 12.5 Å². The number of ether oxygens (including phenoxy) is 1. The van der Waals surface area contributed by atoms with Crippen LogP contribution in [-0.4, -0.2) is 31.3 Å². The van der Waals surface area contributed by atoms with Gasteiger partial charge in [-0.15, -0.1) is 0 Å². The first-order valence-corrected chi connectivity index (χ1v) is 7.81. The number of aromatic nitrogens is 4. The summed E-state index contributed by atoms with van der Waals surface area (Å²) in [6, 6.07) is 8.12. The van der Waals surface area contributed by atoms with E-state index in [-0.39, 0.29) is 17.8 Å². The second kappa shape index (κ2) is 6.39. The molecule has 0 fully saturated rings. The van der Waals surface area contributed by atoms with Crippen molar-refractivity contribution in [3.8, 4) is 0 Å². The lowest BCUT2D eigenvalue weighted by Gasteiger charge is -2.18. The maximum atomic E-state index is 12.6. The van der Waals surface area contributed by atoms with Crippen molar-refractivity contribution in [1.82, 2.24) is 18.7 Å². The highest BCUT2D eigenvalue weighted by Gasteiger charge is 2.27. The lowest BCUT2D eigenvalue weighted by Crippen LogP contribution is -2.38. The zero-order valence-electron chi connectivity index (χ0n) is 14.2. The average molecular weight is 342 g/mol. The Labute approximate surface area is 142 Å². The summed E-state index contributed by atoms with van der Waals surface area (Å²) < 4.78 is 8.93. The smallest absolute Gasteiger partial charge is 0.333 e. The predicted molar refractivity (Wildman–Crippen MR) is 91.4 cm³/mol. The maximum Gasteiger partial charge on any atom is 0.333 e. The number of fused-ring (bicyclic) bond motifs is 1. The Balaban J connectivity index is 2.33. The molecule has 1 atom stereocenters. The molecule has 0 amide bonds. The topological polar surface area (TPSA) is 88.1 Å². The van der Waals surface area contributed by atoms with Crippen molar-refractivity contribution in [2.45, 2.75) is 13.0 Å². The summed E-state index contributed by atoms with van der Waals surface area (Å²) in [5.74, 6) is -0.496. The van der Waals surface area contributed by atoms with E-state index in [9.17, 15) is 14.4 Å². The van der Waals surface area contributed by atoms with Crippen molar-refractivity contribution in [3.05, 3.63) is 63.1 Å². The second-order valence-electron chi connectivity index (χ2n) is 5.60. The van der Waals surface area contributed by atoms with Gasteiger partial charge in [0.25, 0.3) is 5.56 Å². The van der Waals surface area contributed by atoms with Crippen LogP contribution < -0.4 is 11.2 Å². The number of imidazole rings is 1. The molecule has 0 aliphatic heterocycles. The van der Waals surface area contributed by atoms with Crippen LogP contribution in [0.5, 0.6) is 0 Å². The van der Waals surface area contributed by atoms with E-state index in [1.165, 1.54) is 29.6 Å². The number of carbonyl (C=O) groups excluding carboxylic acids is 1. The fourth-order valence-electron chi connectivity index (χ4n) is 2.83. The number of hydrogen-bond acceptors (Lipinski definition) is 5. The summed E-state index contributed by atoms with van der Waals surface area (Å²) in [6.07, 6.45) is 1.39. The minimum Gasteiger partial charge on any atom is -0.464 e. The summed E-state index contributed by atoms with van der Waals surface area (Å²) in [4.78, 5) is 41.5. The molecule has 0 aliphatic carbocycles. The summed E-state index contributed by atoms with van der Waals surface area (Å²) >= 11 is 0. The molecule has 1 unspecified atom stereocenters. The van der Waals surface area contributed by atoms with E-state index < -0.39 is 23.3 Å². The van der Waals surface area contributed by atoms with Crippen molar-refractivity contribution < 1.29 is 9.53 Å². The summed E-state index contributed by atoms with van der Waals surface area (Å²) in [7, 11) is 2.92. The molecule has 3 rings (SSSR count). The fraction of sp³-hybridized carbons (Fsp3) is 0.294. The molecule has 2 aromatic heterocycles. The number of benzene rings is 1. The third kappa shape index (κ3) is 2.65. The molecule has 3 aromatic rings. The lowest BCUT2D eigenvalue weighted by molar-refractivity contribution is -0.145. The molecule has 1 aromatic carbocycles. The van der Waals surface area contributed by atoms with Gasteiger partial charge >= 0.3 is 11.7 Å². The lowest BCUT2D eigenvalue weighted by atomic mass is 10.1. The van der Waals surface area contributed by atoms with Crippen molar-refractivity contribution >= 4 is 17.1 Å². The number of carbonyl (C=O) groups is 1. The minimum atomic E-state index is -0.864. The normalized spacial score (nSPS) is 12.3. The third-order valence-corrected chi connectivity index (χ3v) is 4.08. The van der Waals surface area contributed by atoms with Gasteiger partial charge in [0.05, 0.1) is 12.9 Å². The van der Waals surface area contributed by atoms with Gasteiger partial charge in [-0.2, -0.15) is 0 Å². The van der Waals surface area contributed by atoms with E-state index in [1.807, 2.05) is 6.07 Å². The van der Waals surface area contributed by atoms with Crippen LogP contribution in [-0.2, 0) is 23.6 Å². The van der Waals surface area contributed by atoms with Crippen LogP contribution in [0.1, 0.15) is 18.5 Å². The molecule has 0 saturated heterocycles. The van der Waals surface area contributed by atoms with Gasteiger partial charge in [0.1, 0.15) is 0 Å². The molecule has 8 heteroatoms. The fourth-order valence-corrected chi connectivity index (χ4v) is 2.83. The van der Waals surface area contributed by atoms with Gasteiger partial charge in [0.2, 0.25) is 0 Å². The van der Waals surface area contributed by atoms with Gasteiger partial charge in [-0.3, -0.25) is 13.9 Å². The largest absolute Gasteiger partial charge is 0.464 e. The highest BCUT2D eigenvalue weighted by molar-refractivity contribution is 5.81. The van der Waals surface area contributed by atoms with Crippen molar-refractivity contribution in [2.75, 3.05) is 6.61 Å². The molecule has 25 heavy (non-hydrogen) atoms. The molecule has 8 nitrogen and oxygen atoms in total. The Morgan fingerprint density at radius 3 is 2.48 bits per heavy atom. The Morgan fingerprint density at radius 2 is 1.84 bits per heavy atom. The third-order valence-electron chi connectivity index (χ3n) is 4.08.